The Morgan fingerprint density at radius 1 is 1.00 bits per heavy atom. The summed E-state index contributed by atoms with van der Waals surface area (Å²) in [6.07, 6.45) is 2.11. The van der Waals surface area contributed by atoms with Crippen LogP contribution in [0.4, 0.5) is 0 Å². The van der Waals surface area contributed by atoms with E-state index >= 15 is 0 Å². The first-order valence-electron chi connectivity index (χ1n) is 8.58. The van der Waals surface area contributed by atoms with Crippen LogP contribution in [0.2, 0.25) is 0 Å². The molecule has 25 heavy (non-hydrogen) atoms. The van der Waals surface area contributed by atoms with Crippen LogP contribution >= 0.6 is 11.8 Å². The van der Waals surface area contributed by atoms with Crippen LogP contribution in [0.1, 0.15) is 17.2 Å². The molecule has 1 N–H and O–H groups in total. The number of thioether (sulfide) groups is 1. The summed E-state index contributed by atoms with van der Waals surface area (Å²) >= 11 is 1.77. The van der Waals surface area contributed by atoms with Gasteiger partial charge in [-0.05, 0) is 30.0 Å². The molecule has 1 aliphatic rings. The molecule has 4 nitrogen and oxygen atoms in total. The number of nitrogens with zero attached hydrogens (tertiary/aromatic N) is 1. The van der Waals surface area contributed by atoms with Gasteiger partial charge < -0.3 is 14.8 Å². The maximum absolute atomic E-state index is 5.73. The molecule has 2 aromatic rings. The molecule has 0 amide bonds. The van der Waals surface area contributed by atoms with Gasteiger partial charge in [0.2, 0.25) is 0 Å². The van der Waals surface area contributed by atoms with Crippen molar-refractivity contribution in [1.29, 1.82) is 0 Å². The molecule has 1 heterocycles. The van der Waals surface area contributed by atoms with Crippen LogP contribution in [0.25, 0.3) is 0 Å². The lowest BCUT2D eigenvalue weighted by Crippen LogP contribution is -2.45. The molecule has 0 radical (unpaired) electrons. The molecule has 134 valence electrons. The molecule has 1 unspecified atom stereocenters. The summed E-state index contributed by atoms with van der Waals surface area (Å²) in [4.78, 5) is 3.79. The Hall–Kier alpha value is -1.69. The van der Waals surface area contributed by atoms with Gasteiger partial charge in [-0.3, -0.25) is 4.90 Å². The third-order valence-electron chi connectivity index (χ3n) is 4.68. The summed E-state index contributed by atoms with van der Waals surface area (Å²) in [5.74, 6) is 1.60. The fraction of sp³-hybridized carbons (Fsp3) is 0.400. The fourth-order valence-electron chi connectivity index (χ4n) is 3.44. The van der Waals surface area contributed by atoms with E-state index in [0.717, 1.165) is 43.2 Å². The molecule has 1 aliphatic heterocycles. The number of para-hydroxylation sites is 1. The first kappa shape index (κ1) is 18.1. The molecule has 1 saturated heterocycles. The van der Waals surface area contributed by atoms with E-state index < -0.39 is 0 Å². The molecular weight excluding hydrogens is 332 g/mol. The number of methoxy groups -OCH3 is 2. The SMILES string of the molecule is COc1cccc(C(c2ccc(SC)cc2)N2CCNCC2)c1OC. The molecular formula is C20H26N2O2S. The van der Waals surface area contributed by atoms with E-state index in [1.165, 1.54) is 10.5 Å². The normalized spacial score (nSPS) is 16.4. The second kappa shape index (κ2) is 8.61. The lowest BCUT2D eigenvalue weighted by atomic mass is 9.95. The zero-order valence-electron chi connectivity index (χ0n) is 15.1. The van der Waals surface area contributed by atoms with Gasteiger partial charge in [0, 0.05) is 36.6 Å². The second-order valence-electron chi connectivity index (χ2n) is 6.04. The van der Waals surface area contributed by atoms with E-state index in [1.54, 1.807) is 26.0 Å². The molecule has 0 bridgehead atoms. The summed E-state index contributed by atoms with van der Waals surface area (Å²) in [5.41, 5.74) is 2.44. The molecule has 1 atom stereocenters. The van der Waals surface area contributed by atoms with Crippen LogP contribution in [-0.4, -0.2) is 51.6 Å². The van der Waals surface area contributed by atoms with Crippen molar-refractivity contribution < 1.29 is 9.47 Å². The molecule has 0 aliphatic carbocycles. The maximum atomic E-state index is 5.73. The minimum absolute atomic E-state index is 0.156. The minimum atomic E-state index is 0.156. The molecule has 0 aromatic heterocycles. The molecule has 2 aromatic carbocycles. The average Bonchev–Trinajstić information content (AvgIpc) is 2.69. The van der Waals surface area contributed by atoms with E-state index in [1.807, 2.05) is 12.1 Å². The smallest absolute Gasteiger partial charge is 0.165 e. The van der Waals surface area contributed by atoms with Gasteiger partial charge in [-0.25, -0.2) is 0 Å². The first-order chi connectivity index (χ1) is 12.3. The number of hydrogen-bond donors (Lipinski definition) is 1. The number of benzene rings is 2. The van der Waals surface area contributed by atoms with Crippen molar-refractivity contribution in [2.45, 2.75) is 10.9 Å². The Kier molecular flexibility index (Phi) is 6.24. The van der Waals surface area contributed by atoms with Crippen LogP contribution in [0.15, 0.2) is 47.4 Å². The van der Waals surface area contributed by atoms with Crippen molar-refractivity contribution in [3.8, 4) is 11.5 Å². The quantitative estimate of drug-likeness (QED) is 0.800. The highest BCUT2D eigenvalue weighted by atomic mass is 32.2. The topological polar surface area (TPSA) is 33.7 Å². The minimum Gasteiger partial charge on any atom is -0.493 e. The van der Waals surface area contributed by atoms with Gasteiger partial charge in [0.15, 0.2) is 11.5 Å². The number of piperazine rings is 1. The monoisotopic (exact) mass is 358 g/mol. The first-order valence-corrected chi connectivity index (χ1v) is 9.80. The Balaban J connectivity index is 2.07. The predicted molar refractivity (Wildman–Crippen MR) is 104 cm³/mol. The Morgan fingerprint density at radius 2 is 1.72 bits per heavy atom. The van der Waals surface area contributed by atoms with E-state index in [9.17, 15) is 0 Å². The van der Waals surface area contributed by atoms with Crippen LogP contribution in [0, 0.1) is 0 Å². The van der Waals surface area contributed by atoms with Crippen LogP contribution < -0.4 is 14.8 Å². The number of rotatable bonds is 6. The third-order valence-corrected chi connectivity index (χ3v) is 5.42. The summed E-state index contributed by atoms with van der Waals surface area (Å²) < 4.78 is 11.3. The van der Waals surface area contributed by atoms with E-state index in [2.05, 4.69) is 46.8 Å². The van der Waals surface area contributed by atoms with E-state index in [4.69, 9.17) is 9.47 Å². The van der Waals surface area contributed by atoms with Gasteiger partial charge in [-0.15, -0.1) is 11.8 Å². The van der Waals surface area contributed by atoms with Crippen molar-refractivity contribution in [1.82, 2.24) is 10.2 Å². The van der Waals surface area contributed by atoms with Crippen molar-refractivity contribution >= 4 is 11.8 Å². The number of ether oxygens (including phenoxy) is 2. The Labute approximate surface area is 154 Å². The summed E-state index contributed by atoms with van der Waals surface area (Å²) in [6, 6.07) is 15.2. The zero-order chi connectivity index (χ0) is 17.6. The summed E-state index contributed by atoms with van der Waals surface area (Å²) in [5, 5.41) is 3.44. The highest BCUT2D eigenvalue weighted by molar-refractivity contribution is 7.98. The molecule has 1 fully saturated rings. The van der Waals surface area contributed by atoms with Crippen molar-refractivity contribution in [3.63, 3.8) is 0 Å². The molecule has 3 rings (SSSR count). The molecule has 5 heteroatoms. The number of hydrogen-bond acceptors (Lipinski definition) is 5. The van der Waals surface area contributed by atoms with Crippen LogP contribution in [0.3, 0.4) is 0 Å². The fourth-order valence-corrected chi connectivity index (χ4v) is 3.85. The van der Waals surface area contributed by atoms with Crippen molar-refractivity contribution in [3.05, 3.63) is 53.6 Å². The molecule has 0 saturated carbocycles. The van der Waals surface area contributed by atoms with E-state index in [-0.39, 0.29) is 6.04 Å². The highest BCUT2D eigenvalue weighted by Gasteiger charge is 2.27. The van der Waals surface area contributed by atoms with Gasteiger partial charge in [-0.2, -0.15) is 0 Å². The lowest BCUT2D eigenvalue weighted by molar-refractivity contribution is 0.194. The van der Waals surface area contributed by atoms with Gasteiger partial charge in [0.25, 0.3) is 0 Å². The zero-order valence-corrected chi connectivity index (χ0v) is 15.9. The maximum Gasteiger partial charge on any atom is 0.165 e. The van der Waals surface area contributed by atoms with E-state index in [0.29, 0.717) is 0 Å². The standard InChI is InChI=1S/C20H26N2O2S/c1-23-18-6-4-5-17(20(18)24-2)19(22-13-11-21-12-14-22)15-7-9-16(25-3)10-8-15/h4-10,19,21H,11-14H2,1-3H3. The largest absolute Gasteiger partial charge is 0.493 e. The Morgan fingerprint density at radius 3 is 2.32 bits per heavy atom. The van der Waals surface area contributed by atoms with Crippen LogP contribution in [0.5, 0.6) is 11.5 Å². The summed E-state index contributed by atoms with van der Waals surface area (Å²) in [6.45, 7) is 4.03. The molecule has 0 spiro atoms. The van der Waals surface area contributed by atoms with Crippen molar-refractivity contribution in [2.24, 2.45) is 0 Å². The summed E-state index contributed by atoms with van der Waals surface area (Å²) in [7, 11) is 3.40. The van der Waals surface area contributed by atoms with Gasteiger partial charge in [0.1, 0.15) is 0 Å². The number of nitrogens with one attached hydrogen (secondary N) is 1. The lowest BCUT2D eigenvalue weighted by Gasteiger charge is -2.36. The Bertz CT molecular complexity index is 685. The third kappa shape index (κ3) is 3.94. The predicted octanol–water partition coefficient (Wildman–Crippen LogP) is 3.42. The van der Waals surface area contributed by atoms with Gasteiger partial charge >= 0.3 is 0 Å². The van der Waals surface area contributed by atoms with Gasteiger partial charge in [-0.1, -0.05) is 24.3 Å². The second-order valence-corrected chi connectivity index (χ2v) is 6.92. The average molecular weight is 359 g/mol. The highest BCUT2D eigenvalue weighted by Crippen LogP contribution is 2.40. The van der Waals surface area contributed by atoms with Crippen molar-refractivity contribution in [2.75, 3.05) is 46.7 Å². The van der Waals surface area contributed by atoms with Gasteiger partial charge in [0.05, 0.1) is 20.3 Å². The van der Waals surface area contributed by atoms with Crippen LogP contribution in [-0.2, 0) is 0 Å².